The highest BCUT2D eigenvalue weighted by atomic mass is 35.5. The number of hydrogen-bond donors (Lipinski definition) is 2. The highest BCUT2D eigenvalue weighted by molar-refractivity contribution is 6.32. The average molecular weight is 281 g/mol. The predicted octanol–water partition coefficient (Wildman–Crippen LogP) is 0.951. The molecule has 1 amide bonds. The first-order chi connectivity index (χ1) is 9.13. The van der Waals surface area contributed by atoms with Gasteiger partial charge in [-0.1, -0.05) is 23.7 Å². The zero-order valence-electron chi connectivity index (χ0n) is 10.3. The molecule has 100 valence electrons. The lowest BCUT2D eigenvalue weighted by Crippen LogP contribution is -2.27. The summed E-state index contributed by atoms with van der Waals surface area (Å²) in [6, 6.07) is 7.17. The number of carbonyl (C=O) groups excluding carboxylic acids is 1. The molecule has 6 nitrogen and oxygen atoms in total. The number of nitrogens with zero attached hydrogens (tertiary/aromatic N) is 3. The zero-order chi connectivity index (χ0) is 13.8. The van der Waals surface area contributed by atoms with E-state index in [1.165, 1.54) is 4.68 Å². The van der Waals surface area contributed by atoms with Crippen molar-refractivity contribution in [2.24, 2.45) is 0 Å². The zero-order valence-corrected chi connectivity index (χ0v) is 11.1. The second-order valence-corrected chi connectivity index (χ2v) is 4.23. The Bertz CT molecular complexity index is 597. The van der Waals surface area contributed by atoms with E-state index in [0.29, 0.717) is 16.5 Å². The van der Waals surface area contributed by atoms with Crippen LogP contribution in [0.3, 0.4) is 0 Å². The summed E-state index contributed by atoms with van der Waals surface area (Å²) in [5, 5.41) is 15.8. The van der Waals surface area contributed by atoms with Crippen molar-refractivity contribution in [1.82, 2.24) is 20.1 Å². The van der Waals surface area contributed by atoms with E-state index in [9.17, 15) is 4.79 Å². The van der Waals surface area contributed by atoms with Gasteiger partial charge in [-0.15, -0.1) is 5.10 Å². The van der Waals surface area contributed by atoms with Crippen molar-refractivity contribution < 1.29 is 9.90 Å². The number of amides is 1. The maximum absolute atomic E-state index is 11.7. The molecular formula is C12H13ClN4O2. The number of carbonyl (C=O) groups is 1. The fourth-order valence-electron chi connectivity index (χ4n) is 1.59. The van der Waals surface area contributed by atoms with E-state index in [1.807, 2.05) is 12.1 Å². The number of aliphatic hydroxyl groups is 1. The lowest BCUT2D eigenvalue weighted by Gasteiger charge is -2.04. The van der Waals surface area contributed by atoms with Crippen LogP contribution in [0.15, 0.2) is 24.3 Å². The van der Waals surface area contributed by atoms with Crippen LogP contribution in [0.2, 0.25) is 5.02 Å². The molecule has 7 heteroatoms. The molecule has 1 aromatic carbocycles. The number of para-hydroxylation sites is 1. The van der Waals surface area contributed by atoms with Gasteiger partial charge in [0.1, 0.15) is 5.82 Å². The molecule has 0 aliphatic heterocycles. The van der Waals surface area contributed by atoms with Crippen LogP contribution < -0.4 is 5.32 Å². The minimum Gasteiger partial charge on any atom is -0.395 e. The molecule has 19 heavy (non-hydrogen) atoms. The van der Waals surface area contributed by atoms with Crippen LogP contribution in [-0.4, -0.2) is 38.9 Å². The van der Waals surface area contributed by atoms with Gasteiger partial charge in [-0.2, -0.15) is 0 Å². The van der Waals surface area contributed by atoms with Crippen molar-refractivity contribution >= 4 is 17.5 Å². The molecule has 0 saturated carbocycles. The molecule has 0 bridgehead atoms. The topological polar surface area (TPSA) is 80.0 Å². The van der Waals surface area contributed by atoms with Gasteiger partial charge >= 0.3 is 0 Å². The minimum absolute atomic E-state index is 0.0471. The quantitative estimate of drug-likeness (QED) is 0.874. The molecule has 0 radical (unpaired) electrons. The van der Waals surface area contributed by atoms with Gasteiger partial charge in [-0.3, -0.25) is 4.79 Å². The van der Waals surface area contributed by atoms with Crippen LogP contribution in [0, 0.1) is 6.92 Å². The van der Waals surface area contributed by atoms with E-state index in [1.54, 1.807) is 19.1 Å². The van der Waals surface area contributed by atoms with E-state index in [4.69, 9.17) is 16.7 Å². The number of benzene rings is 1. The second kappa shape index (κ2) is 5.81. The van der Waals surface area contributed by atoms with Crippen LogP contribution in [0.25, 0.3) is 5.69 Å². The molecule has 0 saturated heterocycles. The summed E-state index contributed by atoms with van der Waals surface area (Å²) in [6.45, 7) is 1.77. The Morgan fingerprint density at radius 1 is 1.47 bits per heavy atom. The van der Waals surface area contributed by atoms with Gasteiger partial charge in [0.05, 0.1) is 17.3 Å². The van der Waals surface area contributed by atoms with E-state index in [0.717, 1.165) is 0 Å². The summed E-state index contributed by atoms with van der Waals surface area (Å²) in [7, 11) is 0. The number of halogens is 1. The molecule has 0 aliphatic rings. The first kappa shape index (κ1) is 13.5. The van der Waals surface area contributed by atoms with Crippen LogP contribution in [-0.2, 0) is 0 Å². The number of hydrogen-bond acceptors (Lipinski definition) is 4. The molecule has 0 atom stereocenters. The Balaban J connectivity index is 2.32. The summed E-state index contributed by atoms with van der Waals surface area (Å²) >= 11 is 6.08. The Labute approximate surface area is 115 Å². The van der Waals surface area contributed by atoms with Gasteiger partial charge in [-0.05, 0) is 19.1 Å². The number of rotatable bonds is 4. The van der Waals surface area contributed by atoms with Crippen molar-refractivity contribution in [2.75, 3.05) is 13.2 Å². The SMILES string of the molecule is Cc1nc(C(=O)NCCO)nn1-c1ccccc1Cl. The molecule has 1 aromatic heterocycles. The summed E-state index contributed by atoms with van der Waals surface area (Å²) < 4.78 is 1.51. The molecule has 2 rings (SSSR count). The molecular weight excluding hydrogens is 268 g/mol. The van der Waals surface area contributed by atoms with Crippen molar-refractivity contribution in [2.45, 2.75) is 6.92 Å². The van der Waals surface area contributed by atoms with Gasteiger partial charge in [0.15, 0.2) is 0 Å². The van der Waals surface area contributed by atoms with Crippen LogP contribution in [0.4, 0.5) is 0 Å². The molecule has 2 N–H and O–H groups in total. The summed E-state index contributed by atoms with van der Waals surface area (Å²) in [5.41, 5.74) is 0.662. The lowest BCUT2D eigenvalue weighted by molar-refractivity contribution is 0.0934. The summed E-state index contributed by atoms with van der Waals surface area (Å²) in [5.74, 6) is 0.177. The first-order valence-electron chi connectivity index (χ1n) is 5.71. The van der Waals surface area contributed by atoms with Crippen molar-refractivity contribution in [3.8, 4) is 5.69 Å². The minimum atomic E-state index is -0.428. The number of aryl methyl sites for hydroxylation is 1. The van der Waals surface area contributed by atoms with E-state index in [2.05, 4.69) is 15.4 Å². The Morgan fingerprint density at radius 3 is 2.89 bits per heavy atom. The Kier molecular flexibility index (Phi) is 4.13. The molecule has 0 fully saturated rings. The first-order valence-corrected chi connectivity index (χ1v) is 6.09. The van der Waals surface area contributed by atoms with Crippen LogP contribution in [0.5, 0.6) is 0 Å². The monoisotopic (exact) mass is 280 g/mol. The second-order valence-electron chi connectivity index (χ2n) is 3.83. The lowest BCUT2D eigenvalue weighted by atomic mass is 10.3. The molecule has 0 unspecified atom stereocenters. The van der Waals surface area contributed by atoms with Gasteiger partial charge in [0, 0.05) is 6.54 Å². The van der Waals surface area contributed by atoms with E-state index in [-0.39, 0.29) is 19.0 Å². The molecule has 0 aliphatic carbocycles. The summed E-state index contributed by atoms with van der Waals surface area (Å²) in [4.78, 5) is 15.8. The van der Waals surface area contributed by atoms with E-state index >= 15 is 0 Å². The average Bonchev–Trinajstić information content (AvgIpc) is 2.78. The van der Waals surface area contributed by atoms with Gasteiger partial charge in [0.2, 0.25) is 5.82 Å². The number of aromatic nitrogens is 3. The number of aliphatic hydroxyl groups excluding tert-OH is 1. The molecule has 1 heterocycles. The van der Waals surface area contributed by atoms with Gasteiger partial charge in [0.25, 0.3) is 5.91 Å². The summed E-state index contributed by atoms with van der Waals surface area (Å²) in [6.07, 6.45) is 0. The fraction of sp³-hybridized carbons (Fsp3) is 0.250. The largest absolute Gasteiger partial charge is 0.395 e. The van der Waals surface area contributed by atoms with E-state index < -0.39 is 5.91 Å². The smallest absolute Gasteiger partial charge is 0.291 e. The van der Waals surface area contributed by atoms with Crippen LogP contribution in [0.1, 0.15) is 16.4 Å². The maximum Gasteiger partial charge on any atom is 0.291 e. The third-order valence-corrected chi connectivity index (χ3v) is 2.77. The highest BCUT2D eigenvalue weighted by Gasteiger charge is 2.15. The number of nitrogens with one attached hydrogen (secondary N) is 1. The Hall–Kier alpha value is -1.92. The van der Waals surface area contributed by atoms with Crippen LogP contribution >= 0.6 is 11.6 Å². The highest BCUT2D eigenvalue weighted by Crippen LogP contribution is 2.19. The van der Waals surface area contributed by atoms with Crippen molar-refractivity contribution in [1.29, 1.82) is 0 Å². The molecule has 0 spiro atoms. The third-order valence-electron chi connectivity index (χ3n) is 2.45. The predicted molar refractivity (Wildman–Crippen MR) is 70.5 cm³/mol. The maximum atomic E-state index is 11.7. The van der Waals surface area contributed by atoms with Crippen molar-refractivity contribution in [3.63, 3.8) is 0 Å². The molecule has 2 aromatic rings. The normalized spacial score (nSPS) is 10.5. The van der Waals surface area contributed by atoms with Gasteiger partial charge < -0.3 is 10.4 Å². The standard InChI is InChI=1S/C12H13ClN4O2/c1-8-15-11(12(19)14-6-7-18)16-17(8)10-5-3-2-4-9(10)13/h2-5,18H,6-7H2,1H3,(H,14,19). The van der Waals surface area contributed by atoms with Gasteiger partial charge in [-0.25, -0.2) is 9.67 Å². The Morgan fingerprint density at radius 2 is 2.21 bits per heavy atom. The van der Waals surface area contributed by atoms with Crippen molar-refractivity contribution in [3.05, 3.63) is 40.9 Å². The third kappa shape index (κ3) is 2.91. The fourth-order valence-corrected chi connectivity index (χ4v) is 1.80.